The molecule has 1 saturated carbocycles. The minimum atomic E-state index is -3.57. The van der Waals surface area contributed by atoms with Crippen molar-refractivity contribution in [2.75, 3.05) is 7.11 Å². The number of hydrogen-bond donors (Lipinski definition) is 1. The molecule has 0 spiro atoms. The third kappa shape index (κ3) is 4.94. The van der Waals surface area contributed by atoms with Gasteiger partial charge in [-0.05, 0) is 60.4 Å². The normalized spacial score (nSPS) is 25.4. The predicted molar refractivity (Wildman–Crippen MR) is 118 cm³/mol. The lowest BCUT2D eigenvalue weighted by atomic mass is 9.75. The number of rotatable bonds is 7. The first kappa shape index (κ1) is 22.1. The van der Waals surface area contributed by atoms with Gasteiger partial charge in [0.1, 0.15) is 5.75 Å². The van der Waals surface area contributed by atoms with Crippen molar-refractivity contribution in [3.05, 3.63) is 60.2 Å². The molecule has 158 valence electrons. The van der Waals surface area contributed by atoms with E-state index in [2.05, 4.69) is 20.8 Å². The zero-order valence-corrected chi connectivity index (χ0v) is 18.7. The van der Waals surface area contributed by atoms with Gasteiger partial charge in [0.2, 0.25) is 0 Å². The zero-order chi connectivity index (χ0) is 21.0. The second kappa shape index (κ2) is 9.47. The van der Waals surface area contributed by atoms with Crippen molar-refractivity contribution >= 4 is 12.7 Å². The van der Waals surface area contributed by atoms with Gasteiger partial charge in [0.15, 0.2) is 5.85 Å². The van der Waals surface area contributed by atoms with Crippen molar-refractivity contribution < 1.29 is 18.9 Å². The molecule has 0 radical (unpaired) electrons. The summed E-state index contributed by atoms with van der Waals surface area (Å²) in [6.07, 6.45) is 2.98. The maximum Gasteiger partial charge on any atom is 0.264 e. The minimum absolute atomic E-state index is 0.127. The number of benzene rings is 2. The minimum Gasteiger partial charge on any atom is -0.497 e. The molecule has 4 nitrogen and oxygen atoms in total. The van der Waals surface area contributed by atoms with Crippen LogP contribution < -0.4 is 10.0 Å². The summed E-state index contributed by atoms with van der Waals surface area (Å²) >= 11 is 0. The van der Waals surface area contributed by atoms with Gasteiger partial charge in [-0.2, -0.15) is 0 Å². The van der Waals surface area contributed by atoms with Crippen molar-refractivity contribution in [3.8, 4) is 5.75 Å². The first-order chi connectivity index (χ1) is 13.8. The van der Waals surface area contributed by atoms with Gasteiger partial charge >= 0.3 is 0 Å². The molecule has 1 fully saturated rings. The maximum atomic E-state index is 14.3. The first-order valence-electron chi connectivity index (χ1n) is 10.5. The van der Waals surface area contributed by atoms with Gasteiger partial charge in [-0.15, -0.1) is 0 Å². The molecule has 0 aliphatic heterocycles. The molecule has 5 atom stereocenters. The van der Waals surface area contributed by atoms with Crippen molar-refractivity contribution in [3.63, 3.8) is 0 Å². The van der Waals surface area contributed by atoms with E-state index in [1.807, 2.05) is 18.2 Å². The predicted octanol–water partition coefficient (Wildman–Crippen LogP) is 5.77. The lowest BCUT2D eigenvalue weighted by molar-refractivity contribution is 0.0427. The molecule has 5 heteroatoms. The van der Waals surface area contributed by atoms with Crippen molar-refractivity contribution in [1.82, 2.24) is 0 Å². The standard InChI is InChI=1S/C24H33O4P/c1-17(2)22-15-10-18(3)16-23(22)28-29(26,21-8-6-5-7-9-21)24(25)19-11-13-20(27-4)14-12-19/h5-9,11-14,17-18,22-25H,10,15-16H2,1-4H3/t18-,22+,23-,24+,29?/m1/s1. The van der Waals surface area contributed by atoms with Crippen molar-refractivity contribution in [1.29, 1.82) is 0 Å². The van der Waals surface area contributed by atoms with Crippen LogP contribution in [0.15, 0.2) is 54.6 Å². The van der Waals surface area contributed by atoms with Crippen molar-refractivity contribution in [2.24, 2.45) is 17.8 Å². The summed E-state index contributed by atoms with van der Waals surface area (Å²) in [5.41, 5.74) is 0.572. The van der Waals surface area contributed by atoms with Gasteiger partial charge in [-0.25, -0.2) is 0 Å². The third-order valence-corrected chi connectivity index (χ3v) is 8.65. The number of methoxy groups -OCH3 is 1. The Morgan fingerprint density at radius 1 is 1.03 bits per heavy atom. The van der Waals surface area contributed by atoms with E-state index in [4.69, 9.17) is 9.26 Å². The molecule has 0 heterocycles. The molecule has 1 unspecified atom stereocenters. The fourth-order valence-corrected chi connectivity index (χ4v) is 6.62. The van der Waals surface area contributed by atoms with Crippen LogP contribution in [-0.4, -0.2) is 18.3 Å². The number of hydrogen-bond acceptors (Lipinski definition) is 4. The highest BCUT2D eigenvalue weighted by molar-refractivity contribution is 7.67. The highest BCUT2D eigenvalue weighted by Crippen LogP contribution is 2.60. The maximum absolute atomic E-state index is 14.3. The summed E-state index contributed by atoms with van der Waals surface area (Å²) in [7, 11) is -1.97. The van der Waals surface area contributed by atoms with E-state index < -0.39 is 13.2 Å². The molecule has 0 amide bonds. The van der Waals surface area contributed by atoms with E-state index in [9.17, 15) is 9.67 Å². The molecule has 1 aliphatic carbocycles. The molecule has 0 bridgehead atoms. The highest BCUT2D eigenvalue weighted by atomic mass is 31.2. The SMILES string of the molecule is COc1ccc([C@@H](O)P(=O)(O[C@@H]2C[C@H](C)CC[C@H]2C(C)C)c2ccccc2)cc1. The molecule has 1 N–H and O–H groups in total. The molecule has 0 aromatic heterocycles. The lowest BCUT2D eigenvalue weighted by Crippen LogP contribution is -2.35. The number of ether oxygens (including phenoxy) is 1. The van der Waals surface area contributed by atoms with E-state index in [1.54, 1.807) is 43.5 Å². The van der Waals surface area contributed by atoms with E-state index in [-0.39, 0.29) is 6.10 Å². The topological polar surface area (TPSA) is 55.8 Å². The Kier molecular flexibility index (Phi) is 7.21. The van der Waals surface area contributed by atoms with Gasteiger partial charge in [0, 0.05) is 5.30 Å². The average Bonchev–Trinajstić information content (AvgIpc) is 2.73. The summed E-state index contributed by atoms with van der Waals surface area (Å²) in [5.74, 6) is 0.775. The van der Waals surface area contributed by atoms with Crippen LogP contribution in [0.4, 0.5) is 0 Å². The van der Waals surface area contributed by atoms with Gasteiger partial charge in [-0.3, -0.25) is 4.57 Å². The summed E-state index contributed by atoms with van der Waals surface area (Å²) in [5, 5.41) is 11.8. The molecule has 0 saturated heterocycles. The Labute approximate surface area is 174 Å². The number of aliphatic hydroxyl groups is 1. The van der Waals surface area contributed by atoms with E-state index in [0.717, 1.165) is 12.8 Å². The quantitative estimate of drug-likeness (QED) is 0.583. The van der Waals surface area contributed by atoms with Crippen LogP contribution in [0.2, 0.25) is 0 Å². The lowest BCUT2D eigenvalue weighted by Gasteiger charge is -2.39. The molecule has 2 aromatic carbocycles. The monoisotopic (exact) mass is 416 g/mol. The van der Waals surface area contributed by atoms with Crippen LogP contribution in [-0.2, 0) is 9.09 Å². The smallest absolute Gasteiger partial charge is 0.264 e. The molecule has 2 aromatic rings. The van der Waals surface area contributed by atoms with Gasteiger partial charge in [0.25, 0.3) is 7.37 Å². The second-order valence-corrected chi connectivity index (χ2v) is 11.0. The zero-order valence-electron chi connectivity index (χ0n) is 17.8. The van der Waals surface area contributed by atoms with Crippen LogP contribution in [0.1, 0.15) is 51.4 Å². The molecule has 3 rings (SSSR count). The van der Waals surface area contributed by atoms with Gasteiger partial charge in [-0.1, -0.05) is 57.5 Å². The van der Waals surface area contributed by atoms with Crippen LogP contribution in [0.25, 0.3) is 0 Å². The molecular weight excluding hydrogens is 383 g/mol. The van der Waals surface area contributed by atoms with E-state index in [0.29, 0.717) is 34.4 Å². The fraction of sp³-hybridized carbons (Fsp3) is 0.500. The first-order valence-corrected chi connectivity index (χ1v) is 12.2. The number of aliphatic hydroxyl groups excluding tert-OH is 1. The summed E-state index contributed by atoms with van der Waals surface area (Å²) < 4.78 is 26.0. The van der Waals surface area contributed by atoms with Crippen LogP contribution in [0, 0.1) is 17.8 Å². The fourth-order valence-electron chi connectivity index (χ4n) is 4.30. The summed E-state index contributed by atoms with van der Waals surface area (Å²) in [6, 6.07) is 16.2. The summed E-state index contributed by atoms with van der Waals surface area (Å²) in [6.45, 7) is 6.62. The van der Waals surface area contributed by atoms with Gasteiger partial charge in [0.05, 0.1) is 13.2 Å². The van der Waals surface area contributed by atoms with Crippen LogP contribution in [0.5, 0.6) is 5.75 Å². The van der Waals surface area contributed by atoms with E-state index >= 15 is 0 Å². The van der Waals surface area contributed by atoms with Crippen LogP contribution >= 0.6 is 7.37 Å². The third-order valence-electron chi connectivity index (χ3n) is 6.11. The van der Waals surface area contributed by atoms with Crippen LogP contribution in [0.3, 0.4) is 0 Å². The Hall–Kier alpha value is -1.61. The molecular formula is C24H33O4P. The van der Waals surface area contributed by atoms with E-state index in [1.165, 1.54) is 6.42 Å². The highest BCUT2D eigenvalue weighted by Gasteiger charge is 2.42. The molecule has 29 heavy (non-hydrogen) atoms. The Bertz CT molecular complexity index is 819. The largest absolute Gasteiger partial charge is 0.497 e. The van der Waals surface area contributed by atoms with Crippen molar-refractivity contribution in [2.45, 2.75) is 52.0 Å². The summed E-state index contributed by atoms with van der Waals surface area (Å²) in [4.78, 5) is 0. The Morgan fingerprint density at radius 2 is 1.69 bits per heavy atom. The second-order valence-electron chi connectivity index (χ2n) is 8.55. The Morgan fingerprint density at radius 3 is 2.28 bits per heavy atom. The average molecular weight is 416 g/mol. The molecule has 1 aliphatic rings. The van der Waals surface area contributed by atoms with Gasteiger partial charge < -0.3 is 14.4 Å². The Balaban J connectivity index is 1.98.